The highest BCUT2D eigenvalue weighted by molar-refractivity contribution is 6.27. The van der Waals surface area contributed by atoms with E-state index in [1.807, 2.05) is 36.4 Å². The van der Waals surface area contributed by atoms with E-state index < -0.39 is 45.3 Å². The highest BCUT2D eigenvalue weighted by atomic mass is 16.2. The maximum atomic E-state index is 13.9. The molecule has 9 nitrogen and oxygen atoms in total. The Labute approximate surface area is 336 Å². The summed E-state index contributed by atoms with van der Waals surface area (Å²) >= 11 is 0. The van der Waals surface area contributed by atoms with Crippen LogP contribution in [0.25, 0.3) is 66.0 Å². The van der Waals surface area contributed by atoms with E-state index in [4.69, 9.17) is 9.97 Å². The third-order valence-electron chi connectivity index (χ3n) is 13.5. The Morgan fingerprint density at radius 2 is 0.672 bits per heavy atom. The van der Waals surface area contributed by atoms with Crippen LogP contribution in [-0.2, 0) is 19.2 Å². The predicted octanol–water partition coefficient (Wildman–Crippen LogP) is 10.2. The average Bonchev–Trinajstić information content (AvgIpc) is 3.43. The normalized spacial score (nSPS) is 18.3. The molecule has 2 saturated heterocycles. The summed E-state index contributed by atoms with van der Waals surface area (Å²) in [4.78, 5) is 71.5. The molecule has 2 aliphatic rings. The van der Waals surface area contributed by atoms with Gasteiger partial charge in [0.2, 0.25) is 35.5 Å². The summed E-state index contributed by atoms with van der Waals surface area (Å²) < 4.78 is 0. The van der Waals surface area contributed by atoms with E-state index in [0.29, 0.717) is 5.56 Å². The van der Waals surface area contributed by atoms with Gasteiger partial charge in [0.15, 0.2) is 5.82 Å². The van der Waals surface area contributed by atoms with Crippen molar-refractivity contribution in [1.82, 2.24) is 15.0 Å². The molecule has 2 fully saturated rings. The highest BCUT2D eigenvalue weighted by Gasteiger charge is 2.62. The first-order valence-corrected chi connectivity index (χ1v) is 19.5. The van der Waals surface area contributed by atoms with Gasteiger partial charge in [0.05, 0.1) is 21.7 Å². The lowest BCUT2D eigenvalue weighted by Crippen LogP contribution is -2.37. The lowest BCUT2D eigenvalue weighted by Gasteiger charge is -2.28. The smallest absolute Gasteiger partial charge is 0.244 e. The second-order valence-corrected chi connectivity index (χ2v) is 17.7. The molecular weight excluding hydrogens is 723 g/mol. The van der Waals surface area contributed by atoms with Crippen molar-refractivity contribution in [2.75, 3.05) is 9.80 Å². The molecule has 3 heterocycles. The summed E-state index contributed by atoms with van der Waals surface area (Å²) in [6.45, 7) is 13.7. The number of aromatic nitrogens is 3. The number of imide groups is 2. The van der Waals surface area contributed by atoms with Crippen LogP contribution in [-0.4, -0.2) is 38.6 Å². The van der Waals surface area contributed by atoms with Gasteiger partial charge in [0, 0.05) is 5.56 Å². The van der Waals surface area contributed by atoms with Crippen LogP contribution in [0.2, 0.25) is 0 Å². The van der Waals surface area contributed by atoms with Crippen LogP contribution < -0.4 is 9.80 Å². The molecule has 0 radical (unpaired) electrons. The maximum absolute atomic E-state index is 13.9. The van der Waals surface area contributed by atoms with E-state index in [1.165, 1.54) is 32.3 Å². The van der Waals surface area contributed by atoms with E-state index in [9.17, 15) is 19.2 Å². The van der Waals surface area contributed by atoms with Crippen molar-refractivity contribution >= 4 is 67.8 Å². The highest BCUT2D eigenvalue weighted by Crippen LogP contribution is 2.50. The van der Waals surface area contributed by atoms with Crippen LogP contribution >= 0.6 is 0 Å². The zero-order chi connectivity index (χ0) is 41.1. The standard InChI is InChI=1S/C49H43N5O4/c1-46(2)40(55)53(41(56)47(46,3)4)44-50-39(51-45(52-44)54-42(57)48(5,6)49(7,8)43(54)58)32-18-14-17-30(26-32)28-15-13-16-29(25-28)31-23-24-37-35-21-10-9-19-33(35)34-20-11-12-22-36(34)38(37)27-31/h9-27H,1-8H3. The van der Waals surface area contributed by atoms with E-state index >= 15 is 0 Å². The van der Waals surface area contributed by atoms with Crippen molar-refractivity contribution in [3.8, 4) is 33.6 Å². The number of fused-ring (bicyclic) bond motifs is 6. The minimum Gasteiger partial charge on any atom is -0.273 e. The fourth-order valence-electron chi connectivity index (χ4n) is 8.22. The van der Waals surface area contributed by atoms with E-state index in [1.54, 1.807) is 55.4 Å². The fraction of sp³-hybridized carbons (Fsp3) is 0.245. The Bertz CT molecular complexity index is 2800. The van der Waals surface area contributed by atoms with Crippen LogP contribution in [0.4, 0.5) is 11.9 Å². The first kappa shape index (κ1) is 37.0. The monoisotopic (exact) mass is 765 g/mol. The molecule has 0 spiro atoms. The molecule has 0 unspecified atom stereocenters. The van der Waals surface area contributed by atoms with Crippen LogP contribution in [0.3, 0.4) is 0 Å². The Morgan fingerprint density at radius 3 is 1.09 bits per heavy atom. The zero-order valence-electron chi connectivity index (χ0n) is 33.8. The van der Waals surface area contributed by atoms with Gasteiger partial charge in [-0.2, -0.15) is 15.0 Å². The number of amides is 4. The summed E-state index contributed by atoms with van der Waals surface area (Å²) in [6, 6.07) is 39.6. The summed E-state index contributed by atoms with van der Waals surface area (Å²) in [5.74, 6) is -2.28. The molecule has 0 bridgehead atoms. The molecule has 4 amide bonds. The Kier molecular flexibility index (Phi) is 7.94. The van der Waals surface area contributed by atoms with Crippen LogP contribution in [0.1, 0.15) is 55.4 Å². The van der Waals surface area contributed by atoms with Gasteiger partial charge in [-0.25, -0.2) is 9.80 Å². The first-order chi connectivity index (χ1) is 27.4. The van der Waals surface area contributed by atoms with Gasteiger partial charge in [0.1, 0.15) is 0 Å². The van der Waals surface area contributed by atoms with E-state index in [-0.39, 0.29) is 17.7 Å². The van der Waals surface area contributed by atoms with Crippen LogP contribution in [0.5, 0.6) is 0 Å². The third-order valence-corrected chi connectivity index (χ3v) is 13.5. The molecule has 0 aliphatic carbocycles. The first-order valence-electron chi connectivity index (χ1n) is 19.5. The van der Waals surface area contributed by atoms with Gasteiger partial charge >= 0.3 is 0 Å². The van der Waals surface area contributed by atoms with Crippen molar-refractivity contribution < 1.29 is 19.2 Å². The number of nitrogens with zero attached hydrogens (tertiary/aromatic N) is 5. The Morgan fingerprint density at radius 1 is 0.345 bits per heavy atom. The number of carbonyl (C=O) groups excluding carboxylic acids is 4. The Balaban J connectivity index is 1.16. The minimum absolute atomic E-state index is 0.109. The lowest BCUT2D eigenvalue weighted by molar-refractivity contribution is -0.129. The molecule has 288 valence electrons. The molecule has 9 rings (SSSR count). The number of benzene rings is 6. The summed E-state index contributed by atoms with van der Waals surface area (Å²) in [5.41, 5.74) is 0.189. The van der Waals surface area contributed by atoms with Crippen molar-refractivity contribution in [2.24, 2.45) is 21.7 Å². The molecule has 0 N–H and O–H groups in total. The fourth-order valence-corrected chi connectivity index (χ4v) is 8.22. The molecule has 9 heteroatoms. The molecule has 0 atom stereocenters. The molecule has 2 aliphatic heterocycles. The molecule has 6 aromatic carbocycles. The second-order valence-electron chi connectivity index (χ2n) is 17.7. The average molecular weight is 766 g/mol. The molecule has 7 aromatic rings. The minimum atomic E-state index is -1.07. The van der Waals surface area contributed by atoms with Gasteiger partial charge < -0.3 is 0 Å². The van der Waals surface area contributed by atoms with Gasteiger partial charge in [-0.3, -0.25) is 19.2 Å². The van der Waals surface area contributed by atoms with Gasteiger partial charge in [0.25, 0.3) is 0 Å². The summed E-state index contributed by atoms with van der Waals surface area (Å²) in [6.07, 6.45) is 0. The Hall–Kier alpha value is -6.61. The van der Waals surface area contributed by atoms with Crippen molar-refractivity contribution in [3.05, 3.63) is 115 Å². The molecular formula is C49H43N5O4. The maximum Gasteiger partial charge on any atom is 0.244 e. The predicted molar refractivity (Wildman–Crippen MR) is 229 cm³/mol. The number of hydrogen-bond acceptors (Lipinski definition) is 7. The zero-order valence-corrected chi connectivity index (χ0v) is 33.8. The topological polar surface area (TPSA) is 113 Å². The number of hydrogen-bond donors (Lipinski definition) is 0. The number of rotatable bonds is 5. The van der Waals surface area contributed by atoms with Crippen molar-refractivity contribution in [2.45, 2.75) is 55.4 Å². The number of anilines is 2. The van der Waals surface area contributed by atoms with Crippen molar-refractivity contribution in [1.29, 1.82) is 0 Å². The second kappa shape index (κ2) is 12.4. The number of carbonyl (C=O) groups is 4. The van der Waals surface area contributed by atoms with Gasteiger partial charge in [-0.1, -0.05) is 97.1 Å². The van der Waals surface area contributed by atoms with Gasteiger partial charge in [-0.05, 0) is 128 Å². The summed E-state index contributed by atoms with van der Waals surface area (Å²) in [5, 5.41) is 7.25. The summed E-state index contributed by atoms with van der Waals surface area (Å²) in [7, 11) is 0. The lowest BCUT2D eigenvalue weighted by atomic mass is 9.70. The van der Waals surface area contributed by atoms with Gasteiger partial charge in [-0.15, -0.1) is 0 Å². The molecule has 1 aromatic heterocycles. The molecule has 0 saturated carbocycles. The van der Waals surface area contributed by atoms with Crippen molar-refractivity contribution in [3.63, 3.8) is 0 Å². The van der Waals surface area contributed by atoms with Crippen LogP contribution in [0, 0.1) is 21.7 Å². The quantitative estimate of drug-likeness (QED) is 0.127. The SMILES string of the molecule is CC1(C)C(=O)N(c2nc(-c3cccc(-c4cccc(-c5ccc6c7ccccc7c7ccccc7c6c5)c4)c3)nc(N3C(=O)C(C)(C)C(C)(C)C3=O)n2)C(=O)C1(C)C. The van der Waals surface area contributed by atoms with E-state index in [0.717, 1.165) is 32.1 Å². The van der Waals surface area contributed by atoms with Crippen LogP contribution in [0.15, 0.2) is 115 Å². The third kappa shape index (κ3) is 5.11. The van der Waals surface area contributed by atoms with E-state index in [2.05, 4.69) is 83.8 Å². The molecule has 58 heavy (non-hydrogen) atoms. The largest absolute Gasteiger partial charge is 0.273 e.